The molecule has 0 spiro atoms. The van der Waals surface area contributed by atoms with Gasteiger partial charge in [0.05, 0.1) is 0 Å². The fourth-order valence-electron chi connectivity index (χ4n) is 3.90. The van der Waals surface area contributed by atoms with Crippen LogP contribution in [0.5, 0.6) is 0 Å². The van der Waals surface area contributed by atoms with E-state index >= 15 is 0 Å². The Balaban J connectivity index is 1.51. The molecule has 3 rings (SSSR count). The van der Waals surface area contributed by atoms with Crippen molar-refractivity contribution < 1.29 is 9.59 Å². The number of benzene rings is 1. The molecule has 1 saturated heterocycles. The van der Waals surface area contributed by atoms with E-state index in [-0.39, 0.29) is 23.8 Å². The third-order valence-electron chi connectivity index (χ3n) is 5.21. The van der Waals surface area contributed by atoms with E-state index in [1.54, 1.807) is 4.90 Å². The number of imide groups is 1. The van der Waals surface area contributed by atoms with Gasteiger partial charge in [0.1, 0.15) is 0 Å². The van der Waals surface area contributed by atoms with Crippen molar-refractivity contribution in [2.45, 2.75) is 63.8 Å². The summed E-state index contributed by atoms with van der Waals surface area (Å²) in [4.78, 5) is 26.5. The van der Waals surface area contributed by atoms with Crippen LogP contribution in [0.25, 0.3) is 0 Å². The van der Waals surface area contributed by atoms with Crippen molar-refractivity contribution >= 4 is 17.5 Å². The molecule has 2 aliphatic rings. The zero-order valence-electron chi connectivity index (χ0n) is 13.7. The molecule has 23 heavy (non-hydrogen) atoms. The van der Waals surface area contributed by atoms with Crippen LogP contribution in [0, 0.1) is 5.92 Å². The monoisotopic (exact) mass is 314 g/mol. The molecule has 124 valence electrons. The fourth-order valence-corrected chi connectivity index (χ4v) is 3.90. The standard InChI is InChI=1S/C19H26N2O2/c20-16-11-9-14(10-12-16)5-4-6-15-13-18(22)21(19(15)23)17-7-2-1-3-8-17/h9-12,15,17H,1-8,13,20H2/t15-/m0/s1. The molecule has 1 aromatic carbocycles. The van der Waals surface area contributed by atoms with E-state index in [1.807, 2.05) is 24.3 Å². The lowest BCUT2D eigenvalue weighted by atomic mass is 9.94. The predicted octanol–water partition coefficient (Wildman–Crippen LogP) is 3.30. The third kappa shape index (κ3) is 3.74. The minimum Gasteiger partial charge on any atom is -0.399 e. The molecule has 1 aromatic rings. The molecule has 4 heteroatoms. The van der Waals surface area contributed by atoms with Gasteiger partial charge in [-0.1, -0.05) is 31.4 Å². The second-order valence-corrected chi connectivity index (χ2v) is 6.93. The van der Waals surface area contributed by atoms with E-state index in [4.69, 9.17) is 5.73 Å². The number of rotatable bonds is 5. The van der Waals surface area contributed by atoms with Crippen molar-refractivity contribution in [3.63, 3.8) is 0 Å². The number of hydrogen-bond donors (Lipinski definition) is 1. The molecule has 0 radical (unpaired) electrons. The first-order chi connectivity index (χ1) is 11.1. The molecular weight excluding hydrogens is 288 g/mol. The minimum absolute atomic E-state index is 0.0550. The van der Waals surface area contributed by atoms with E-state index in [9.17, 15) is 9.59 Å². The molecule has 2 N–H and O–H groups in total. The Morgan fingerprint density at radius 2 is 1.74 bits per heavy atom. The van der Waals surface area contributed by atoms with Gasteiger partial charge in [0.15, 0.2) is 0 Å². The highest BCUT2D eigenvalue weighted by Crippen LogP contribution is 2.31. The Morgan fingerprint density at radius 3 is 2.43 bits per heavy atom. The Labute approximate surface area is 138 Å². The van der Waals surface area contributed by atoms with Gasteiger partial charge in [0, 0.05) is 24.1 Å². The van der Waals surface area contributed by atoms with Gasteiger partial charge in [0.2, 0.25) is 11.8 Å². The van der Waals surface area contributed by atoms with Crippen molar-refractivity contribution in [2.24, 2.45) is 5.92 Å². The van der Waals surface area contributed by atoms with Gasteiger partial charge in [-0.25, -0.2) is 0 Å². The largest absolute Gasteiger partial charge is 0.399 e. The van der Waals surface area contributed by atoms with Crippen molar-refractivity contribution in [3.8, 4) is 0 Å². The van der Waals surface area contributed by atoms with Crippen molar-refractivity contribution in [3.05, 3.63) is 29.8 Å². The number of carbonyl (C=O) groups excluding carboxylic acids is 2. The van der Waals surface area contributed by atoms with Crippen LogP contribution < -0.4 is 5.73 Å². The van der Waals surface area contributed by atoms with Crippen LogP contribution in [0.4, 0.5) is 5.69 Å². The number of carbonyl (C=O) groups is 2. The second-order valence-electron chi connectivity index (χ2n) is 6.93. The Morgan fingerprint density at radius 1 is 1.04 bits per heavy atom. The van der Waals surface area contributed by atoms with Crippen molar-refractivity contribution in [2.75, 3.05) is 5.73 Å². The SMILES string of the molecule is Nc1ccc(CCC[C@H]2CC(=O)N(C3CCCCC3)C2=O)cc1. The zero-order chi connectivity index (χ0) is 16.2. The molecule has 1 aliphatic carbocycles. The number of likely N-dealkylation sites (tertiary alicyclic amines) is 1. The number of nitrogens with zero attached hydrogens (tertiary/aromatic N) is 1. The number of nitrogen functional groups attached to an aromatic ring is 1. The normalized spacial score (nSPS) is 22.8. The third-order valence-corrected chi connectivity index (χ3v) is 5.21. The topological polar surface area (TPSA) is 63.4 Å². The maximum atomic E-state index is 12.6. The van der Waals surface area contributed by atoms with Crippen LogP contribution in [0.3, 0.4) is 0 Å². The summed E-state index contributed by atoms with van der Waals surface area (Å²) in [6.45, 7) is 0. The minimum atomic E-state index is -0.0989. The lowest BCUT2D eigenvalue weighted by molar-refractivity contribution is -0.142. The van der Waals surface area contributed by atoms with Gasteiger partial charge in [-0.15, -0.1) is 0 Å². The molecule has 2 amide bonds. The molecule has 1 atom stereocenters. The molecule has 2 fully saturated rings. The van der Waals surface area contributed by atoms with E-state index in [2.05, 4.69) is 0 Å². The number of anilines is 1. The summed E-state index contributed by atoms with van der Waals surface area (Å²) in [7, 11) is 0. The summed E-state index contributed by atoms with van der Waals surface area (Å²) in [6.07, 6.45) is 8.60. The Kier molecular flexibility index (Phi) is 4.99. The molecule has 1 aliphatic heterocycles. The van der Waals surface area contributed by atoms with Crippen LogP contribution in [0.15, 0.2) is 24.3 Å². The van der Waals surface area contributed by atoms with Crippen LogP contribution in [-0.2, 0) is 16.0 Å². The van der Waals surface area contributed by atoms with Crippen LogP contribution in [-0.4, -0.2) is 22.8 Å². The molecular formula is C19H26N2O2. The van der Waals surface area contributed by atoms with Gasteiger partial charge in [0.25, 0.3) is 0 Å². The summed E-state index contributed by atoms with van der Waals surface area (Å²) in [5.41, 5.74) is 7.69. The Bertz CT molecular complexity index is 561. The van der Waals surface area contributed by atoms with Crippen LogP contribution in [0.2, 0.25) is 0 Å². The van der Waals surface area contributed by atoms with Crippen molar-refractivity contribution in [1.29, 1.82) is 0 Å². The molecule has 0 bridgehead atoms. The highest BCUT2D eigenvalue weighted by atomic mass is 16.2. The van der Waals surface area contributed by atoms with Gasteiger partial charge in [-0.05, 0) is 49.8 Å². The van der Waals surface area contributed by atoms with E-state index < -0.39 is 0 Å². The number of hydrogen-bond acceptors (Lipinski definition) is 3. The number of aryl methyl sites for hydroxylation is 1. The first-order valence-electron chi connectivity index (χ1n) is 8.85. The lowest BCUT2D eigenvalue weighted by Crippen LogP contribution is -2.41. The van der Waals surface area contributed by atoms with E-state index in [0.717, 1.165) is 50.6 Å². The van der Waals surface area contributed by atoms with Gasteiger partial charge >= 0.3 is 0 Å². The first-order valence-corrected chi connectivity index (χ1v) is 8.85. The van der Waals surface area contributed by atoms with Gasteiger partial charge in [-0.3, -0.25) is 14.5 Å². The van der Waals surface area contributed by atoms with Gasteiger partial charge in [-0.2, -0.15) is 0 Å². The quantitative estimate of drug-likeness (QED) is 0.670. The van der Waals surface area contributed by atoms with E-state index in [0.29, 0.717) is 6.42 Å². The maximum absolute atomic E-state index is 12.6. The fraction of sp³-hybridized carbons (Fsp3) is 0.579. The zero-order valence-corrected chi connectivity index (χ0v) is 13.7. The summed E-state index contributed by atoms with van der Waals surface area (Å²) < 4.78 is 0. The average Bonchev–Trinajstić information content (AvgIpc) is 2.84. The van der Waals surface area contributed by atoms with Crippen LogP contribution >= 0.6 is 0 Å². The molecule has 1 saturated carbocycles. The lowest BCUT2D eigenvalue weighted by Gasteiger charge is -2.29. The smallest absolute Gasteiger partial charge is 0.233 e. The maximum Gasteiger partial charge on any atom is 0.233 e. The Hall–Kier alpha value is -1.84. The number of amides is 2. The van der Waals surface area contributed by atoms with Crippen molar-refractivity contribution in [1.82, 2.24) is 4.90 Å². The molecule has 0 aromatic heterocycles. The first kappa shape index (κ1) is 16.0. The average molecular weight is 314 g/mol. The molecule has 1 heterocycles. The highest BCUT2D eigenvalue weighted by molar-refractivity contribution is 6.03. The molecule has 0 unspecified atom stereocenters. The summed E-state index contributed by atoms with van der Waals surface area (Å²) in [6, 6.07) is 8.05. The highest BCUT2D eigenvalue weighted by Gasteiger charge is 2.41. The summed E-state index contributed by atoms with van der Waals surface area (Å²) >= 11 is 0. The second kappa shape index (κ2) is 7.16. The predicted molar refractivity (Wildman–Crippen MR) is 90.6 cm³/mol. The summed E-state index contributed by atoms with van der Waals surface area (Å²) in [5.74, 6) is 0.0387. The van der Waals surface area contributed by atoms with E-state index in [1.165, 1.54) is 12.0 Å². The van der Waals surface area contributed by atoms with Gasteiger partial charge < -0.3 is 5.73 Å². The molecule has 4 nitrogen and oxygen atoms in total. The van der Waals surface area contributed by atoms with Crippen LogP contribution in [0.1, 0.15) is 56.9 Å². The number of nitrogens with two attached hydrogens (primary N) is 1. The summed E-state index contributed by atoms with van der Waals surface area (Å²) in [5, 5.41) is 0.